The van der Waals surface area contributed by atoms with Gasteiger partial charge in [-0.2, -0.15) is 26.3 Å². The molecule has 34 heavy (non-hydrogen) atoms. The van der Waals surface area contributed by atoms with Gasteiger partial charge in [0.05, 0.1) is 16.0 Å². The van der Waals surface area contributed by atoms with E-state index in [1.807, 2.05) is 0 Å². The molecule has 3 aromatic rings. The number of nitrogens with two attached hydrogens (primary N) is 1. The van der Waals surface area contributed by atoms with Crippen molar-refractivity contribution in [1.82, 2.24) is 0 Å². The molecular weight excluding hydrogens is 508 g/mol. The minimum atomic E-state index is -5.41. The molecule has 0 amide bonds. The summed E-state index contributed by atoms with van der Waals surface area (Å²) in [5, 5.41) is 4.99. The fourth-order valence-corrected chi connectivity index (χ4v) is 3.92. The fourth-order valence-electron chi connectivity index (χ4n) is 3.18. The van der Waals surface area contributed by atoms with Crippen molar-refractivity contribution in [2.75, 3.05) is 0 Å². The molecule has 3 rings (SSSR count). The highest BCUT2D eigenvalue weighted by molar-refractivity contribution is 7.89. The van der Waals surface area contributed by atoms with Gasteiger partial charge in [0, 0.05) is 16.7 Å². The first-order valence-electron chi connectivity index (χ1n) is 8.72. The lowest BCUT2D eigenvalue weighted by Crippen LogP contribution is -2.15. The summed E-state index contributed by atoms with van der Waals surface area (Å²) in [6, 6.07) is 3.11. The first kappa shape index (κ1) is 25.5. The maximum absolute atomic E-state index is 14.8. The molecule has 0 spiro atoms. The third-order valence-corrected chi connectivity index (χ3v) is 5.58. The van der Waals surface area contributed by atoms with E-state index in [2.05, 4.69) is 0 Å². The summed E-state index contributed by atoms with van der Waals surface area (Å²) in [5.74, 6) is -9.65. The average Bonchev–Trinajstić information content (AvgIpc) is 2.72. The number of benzene rings is 3. The first-order valence-corrected chi connectivity index (χ1v) is 10.3. The molecule has 0 aliphatic heterocycles. The molecule has 0 heterocycles. The predicted molar refractivity (Wildman–Crippen MR) is 98.5 cm³/mol. The molecule has 0 aliphatic carbocycles. The number of rotatable bonds is 3. The van der Waals surface area contributed by atoms with Crippen LogP contribution in [-0.2, 0) is 22.4 Å². The molecule has 0 fully saturated rings. The Labute approximate surface area is 184 Å². The SMILES string of the molecule is NS(=O)(=O)c1ccccc1-c1c(F)c(F)c(F)c(F)c1-c1cc(C(F)(F)F)cc(C(F)(F)F)c1. The Morgan fingerprint density at radius 1 is 0.647 bits per heavy atom. The molecule has 0 aromatic heterocycles. The van der Waals surface area contributed by atoms with Gasteiger partial charge in [-0.25, -0.2) is 31.1 Å². The third kappa shape index (κ3) is 4.59. The zero-order valence-corrected chi connectivity index (χ0v) is 16.9. The minimum Gasteiger partial charge on any atom is -0.225 e. The molecule has 0 radical (unpaired) electrons. The number of hydrogen-bond acceptors (Lipinski definition) is 2. The number of hydrogen-bond donors (Lipinski definition) is 1. The van der Waals surface area contributed by atoms with Crippen molar-refractivity contribution in [3.63, 3.8) is 0 Å². The van der Waals surface area contributed by atoms with Crippen LogP contribution in [0.5, 0.6) is 0 Å². The Hall–Kier alpha value is -3.13. The van der Waals surface area contributed by atoms with Crippen LogP contribution in [0.2, 0.25) is 0 Å². The zero-order valence-electron chi connectivity index (χ0n) is 16.1. The van der Waals surface area contributed by atoms with Gasteiger partial charge in [-0.05, 0) is 29.8 Å². The Morgan fingerprint density at radius 3 is 1.53 bits per heavy atom. The molecule has 0 bridgehead atoms. The lowest BCUT2D eigenvalue weighted by molar-refractivity contribution is -0.143. The summed E-state index contributed by atoms with van der Waals surface area (Å²) >= 11 is 0. The van der Waals surface area contributed by atoms with Gasteiger partial charge in [-0.3, -0.25) is 0 Å². The molecule has 0 atom stereocenters. The number of alkyl halides is 6. The monoisotopic (exact) mass is 517 g/mol. The van der Waals surface area contributed by atoms with Gasteiger partial charge in [-0.1, -0.05) is 18.2 Å². The van der Waals surface area contributed by atoms with Crippen LogP contribution >= 0.6 is 0 Å². The second-order valence-electron chi connectivity index (χ2n) is 6.84. The molecule has 2 N–H and O–H groups in total. The van der Waals surface area contributed by atoms with Crippen molar-refractivity contribution in [2.24, 2.45) is 5.14 Å². The molecule has 3 aromatic carbocycles. The normalized spacial score (nSPS) is 12.8. The summed E-state index contributed by atoms with van der Waals surface area (Å²) in [6.07, 6.45) is -10.8. The Morgan fingerprint density at radius 2 is 1.09 bits per heavy atom. The van der Waals surface area contributed by atoms with E-state index in [0.29, 0.717) is 0 Å². The van der Waals surface area contributed by atoms with E-state index in [-0.39, 0.29) is 18.2 Å². The molecule has 3 nitrogen and oxygen atoms in total. The quantitative estimate of drug-likeness (QED) is 0.253. The lowest BCUT2D eigenvalue weighted by atomic mass is 9.90. The number of primary sulfonamides is 1. The summed E-state index contributed by atoms with van der Waals surface area (Å²) < 4.78 is 161. The van der Waals surface area contributed by atoms with Crippen LogP contribution in [0.15, 0.2) is 47.4 Å². The van der Waals surface area contributed by atoms with E-state index in [9.17, 15) is 52.3 Å². The van der Waals surface area contributed by atoms with Gasteiger partial charge in [0.2, 0.25) is 10.0 Å². The van der Waals surface area contributed by atoms with Gasteiger partial charge in [0.15, 0.2) is 23.3 Å². The van der Waals surface area contributed by atoms with Crippen molar-refractivity contribution in [2.45, 2.75) is 17.2 Å². The highest BCUT2D eigenvalue weighted by Crippen LogP contribution is 2.44. The Balaban J connectivity index is 2.57. The Kier molecular flexibility index (Phi) is 6.20. The molecule has 0 unspecified atom stereocenters. The van der Waals surface area contributed by atoms with Crippen molar-refractivity contribution < 1.29 is 52.3 Å². The van der Waals surface area contributed by atoms with Gasteiger partial charge in [0.1, 0.15) is 0 Å². The zero-order chi connectivity index (χ0) is 25.8. The van der Waals surface area contributed by atoms with Gasteiger partial charge >= 0.3 is 12.4 Å². The largest absolute Gasteiger partial charge is 0.416 e. The van der Waals surface area contributed by atoms with Crippen LogP contribution in [0, 0.1) is 23.3 Å². The van der Waals surface area contributed by atoms with E-state index in [0.717, 1.165) is 24.3 Å². The molecular formula is C20H9F10NO2S. The molecule has 182 valence electrons. The topological polar surface area (TPSA) is 60.2 Å². The van der Waals surface area contributed by atoms with Crippen LogP contribution in [0.4, 0.5) is 43.9 Å². The van der Waals surface area contributed by atoms with Crippen molar-refractivity contribution >= 4 is 10.0 Å². The van der Waals surface area contributed by atoms with E-state index in [1.165, 1.54) is 0 Å². The molecule has 14 heteroatoms. The second-order valence-corrected chi connectivity index (χ2v) is 8.37. The summed E-state index contributed by atoms with van der Waals surface area (Å²) in [6.45, 7) is 0. The van der Waals surface area contributed by atoms with E-state index < -0.39 is 83.9 Å². The molecule has 0 saturated heterocycles. The van der Waals surface area contributed by atoms with Crippen LogP contribution < -0.4 is 5.14 Å². The van der Waals surface area contributed by atoms with Crippen molar-refractivity contribution in [1.29, 1.82) is 0 Å². The molecule has 0 saturated carbocycles. The van der Waals surface area contributed by atoms with Crippen molar-refractivity contribution in [3.8, 4) is 22.3 Å². The highest BCUT2D eigenvalue weighted by Gasteiger charge is 2.38. The molecule has 0 aliphatic rings. The van der Waals surface area contributed by atoms with Crippen LogP contribution in [0.3, 0.4) is 0 Å². The first-order chi connectivity index (χ1) is 15.4. The Bertz CT molecular complexity index is 1360. The van der Waals surface area contributed by atoms with Crippen molar-refractivity contribution in [3.05, 3.63) is 76.9 Å². The van der Waals surface area contributed by atoms with Crippen LogP contribution in [-0.4, -0.2) is 8.42 Å². The fraction of sp³-hybridized carbons (Fsp3) is 0.100. The van der Waals surface area contributed by atoms with Gasteiger partial charge < -0.3 is 0 Å². The van der Waals surface area contributed by atoms with E-state index >= 15 is 0 Å². The third-order valence-electron chi connectivity index (χ3n) is 4.61. The summed E-state index contributed by atoms with van der Waals surface area (Å²) in [7, 11) is -4.76. The number of sulfonamides is 1. The van der Waals surface area contributed by atoms with Crippen LogP contribution in [0.25, 0.3) is 22.3 Å². The predicted octanol–water partition coefficient (Wildman–Crippen LogP) is 6.26. The standard InChI is InChI=1S/C20H9F10NO2S/c21-15-13(8-5-9(19(25,26)27)7-10(6-8)20(28,29)30)14(16(22)18(24)17(15)23)11-3-1-2-4-12(11)34(31,32)33/h1-7H,(H2,31,32,33). The van der Waals surface area contributed by atoms with Crippen LogP contribution in [0.1, 0.15) is 11.1 Å². The number of halogens is 10. The minimum absolute atomic E-state index is 0.0481. The highest BCUT2D eigenvalue weighted by atomic mass is 32.2. The van der Waals surface area contributed by atoms with E-state index in [1.54, 1.807) is 0 Å². The maximum atomic E-state index is 14.8. The lowest BCUT2D eigenvalue weighted by Gasteiger charge is -2.19. The van der Waals surface area contributed by atoms with Gasteiger partial charge in [-0.15, -0.1) is 0 Å². The average molecular weight is 517 g/mol. The summed E-state index contributed by atoms with van der Waals surface area (Å²) in [4.78, 5) is -0.983. The van der Waals surface area contributed by atoms with E-state index in [4.69, 9.17) is 5.14 Å². The smallest absolute Gasteiger partial charge is 0.225 e. The van der Waals surface area contributed by atoms with Gasteiger partial charge in [0.25, 0.3) is 0 Å². The second kappa shape index (κ2) is 8.27. The summed E-state index contributed by atoms with van der Waals surface area (Å²) in [5.41, 5.74) is -9.24. The maximum Gasteiger partial charge on any atom is 0.416 e.